The van der Waals surface area contributed by atoms with Gasteiger partial charge in [-0.15, -0.1) is 0 Å². The van der Waals surface area contributed by atoms with Crippen LogP contribution in [-0.2, 0) is 9.84 Å². The van der Waals surface area contributed by atoms with Crippen LogP contribution in [0.25, 0.3) is 0 Å². The summed E-state index contributed by atoms with van der Waals surface area (Å²) in [7, 11) is -3.71. The number of hydrogen-bond acceptors (Lipinski definition) is 4. The number of aryl methyl sites for hydroxylation is 2. The van der Waals surface area contributed by atoms with Crippen molar-refractivity contribution in [3.8, 4) is 11.5 Å². The smallest absolute Gasteiger partial charge is 0.207 e. The minimum atomic E-state index is -3.71. The summed E-state index contributed by atoms with van der Waals surface area (Å²) in [5.41, 5.74) is 0.946. The van der Waals surface area contributed by atoms with E-state index in [0.29, 0.717) is 11.1 Å². The second-order valence-electron chi connectivity index (χ2n) is 4.41. The molecular formula is C14H14O4S. The third-order valence-electron chi connectivity index (χ3n) is 2.84. The molecule has 0 atom stereocenters. The van der Waals surface area contributed by atoms with Crippen molar-refractivity contribution in [2.75, 3.05) is 0 Å². The van der Waals surface area contributed by atoms with Crippen LogP contribution < -0.4 is 0 Å². The van der Waals surface area contributed by atoms with E-state index in [9.17, 15) is 18.6 Å². The van der Waals surface area contributed by atoms with Crippen LogP contribution in [0.5, 0.6) is 11.5 Å². The Morgan fingerprint density at radius 2 is 1.47 bits per heavy atom. The fourth-order valence-corrected chi connectivity index (χ4v) is 3.85. The maximum Gasteiger partial charge on any atom is 0.207 e. The van der Waals surface area contributed by atoms with Gasteiger partial charge in [-0.05, 0) is 55.3 Å². The largest absolute Gasteiger partial charge is 0.508 e. The zero-order chi connectivity index (χ0) is 14.2. The number of benzene rings is 2. The molecule has 100 valence electrons. The highest BCUT2D eigenvalue weighted by molar-refractivity contribution is 7.91. The highest BCUT2D eigenvalue weighted by Crippen LogP contribution is 2.31. The summed E-state index contributed by atoms with van der Waals surface area (Å²) >= 11 is 0. The standard InChI is InChI=1S/C14H14O4S/c1-9-6-12(16)7-10(2)14(9)19(17,18)13-5-3-4-11(15)8-13/h3-8,15-16H,1-2H3. The Labute approximate surface area is 111 Å². The highest BCUT2D eigenvalue weighted by atomic mass is 32.2. The van der Waals surface area contributed by atoms with Crippen LogP contribution in [-0.4, -0.2) is 18.6 Å². The summed E-state index contributed by atoms with van der Waals surface area (Å²) in [6, 6.07) is 8.34. The number of sulfone groups is 1. The maximum absolute atomic E-state index is 12.5. The molecule has 19 heavy (non-hydrogen) atoms. The minimum Gasteiger partial charge on any atom is -0.508 e. The molecule has 0 heterocycles. The second kappa shape index (κ2) is 4.59. The molecule has 0 fully saturated rings. The van der Waals surface area contributed by atoms with Crippen LogP contribution in [0.1, 0.15) is 11.1 Å². The normalized spacial score (nSPS) is 11.5. The van der Waals surface area contributed by atoms with Crippen molar-refractivity contribution < 1.29 is 18.6 Å². The van der Waals surface area contributed by atoms with Crippen molar-refractivity contribution in [1.29, 1.82) is 0 Å². The number of aromatic hydroxyl groups is 2. The van der Waals surface area contributed by atoms with Gasteiger partial charge in [0.15, 0.2) is 0 Å². The van der Waals surface area contributed by atoms with Gasteiger partial charge in [-0.1, -0.05) is 6.07 Å². The van der Waals surface area contributed by atoms with E-state index in [4.69, 9.17) is 0 Å². The first kappa shape index (κ1) is 13.4. The molecule has 2 N–H and O–H groups in total. The molecule has 0 spiro atoms. The molecule has 2 aromatic rings. The lowest BCUT2D eigenvalue weighted by atomic mass is 10.1. The first-order chi connectivity index (χ1) is 8.82. The molecule has 5 heteroatoms. The van der Waals surface area contributed by atoms with Crippen molar-refractivity contribution in [3.63, 3.8) is 0 Å². The van der Waals surface area contributed by atoms with E-state index in [1.54, 1.807) is 13.8 Å². The van der Waals surface area contributed by atoms with Crippen LogP contribution in [0.2, 0.25) is 0 Å². The lowest BCUT2D eigenvalue weighted by molar-refractivity contribution is 0.472. The first-order valence-electron chi connectivity index (χ1n) is 5.66. The third-order valence-corrected chi connectivity index (χ3v) is 4.90. The minimum absolute atomic E-state index is 0.0318. The van der Waals surface area contributed by atoms with Crippen molar-refractivity contribution in [1.82, 2.24) is 0 Å². The lowest BCUT2D eigenvalue weighted by Gasteiger charge is -2.12. The fourth-order valence-electron chi connectivity index (χ4n) is 2.12. The molecule has 0 bridgehead atoms. The van der Waals surface area contributed by atoms with Crippen LogP contribution >= 0.6 is 0 Å². The molecule has 0 aliphatic carbocycles. The molecule has 4 nitrogen and oxygen atoms in total. The van der Waals surface area contributed by atoms with Crippen LogP contribution in [0, 0.1) is 13.8 Å². The molecule has 0 aliphatic rings. The zero-order valence-corrected chi connectivity index (χ0v) is 11.4. The van der Waals surface area contributed by atoms with E-state index in [-0.39, 0.29) is 21.3 Å². The number of phenols is 2. The fraction of sp³-hybridized carbons (Fsp3) is 0.143. The third kappa shape index (κ3) is 2.42. The van der Waals surface area contributed by atoms with Gasteiger partial charge < -0.3 is 10.2 Å². The number of hydrogen-bond donors (Lipinski definition) is 2. The summed E-state index contributed by atoms with van der Waals surface area (Å²) in [5, 5.41) is 18.9. The Morgan fingerprint density at radius 1 is 0.895 bits per heavy atom. The SMILES string of the molecule is Cc1cc(O)cc(C)c1S(=O)(=O)c1cccc(O)c1. The summed E-state index contributed by atoms with van der Waals surface area (Å²) in [4.78, 5) is 0.195. The zero-order valence-electron chi connectivity index (χ0n) is 10.6. The predicted octanol–water partition coefficient (Wildman–Crippen LogP) is 2.55. The second-order valence-corrected chi connectivity index (χ2v) is 6.30. The van der Waals surface area contributed by atoms with Gasteiger partial charge >= 0.3 is 0 Å². The Kier molecular flexibility index (Phi) is 3.24. The molecule has 0 unspecified atom stereocenters. The summed E-state index contributed by atoms with van der Waals surface area (Å²) in [6.45, 7) is 3.25. The van der Waals surface area contributed by atoms with Gasteiger partial charge in [0, 0.05) is 0 Å². The predicted molar refractivity (Wildman–Crippen MR) is 71.1 cm³/mol. The highest BCUT2D eigenvalue weighted by Gasteiger charge is 2.23. The Morgan fingerprint density at radius 3 is 2.00 bits per heavy atom. The van der Waals surface area contributed by atoms with E-state index in [1.807, 2.05) is 0 Å². The number of phenolic OH excluding ortho intramolecular Hbond substituents is 2. The van der Waals surface area contributed by atoms with E-state index in [1.165, 1.54) is 36.4 Å². The topological polar surface area (TPSA) is 74.6 Å². The molecule has 0 amide bonds. The number of rotatable bonds is 2. The van der Waals surface area contributed by atoms with E-state index in [0.717, 1.165) is 0 Å². The summed E-state index contributed by atoms with van der Waals surface area (Å²) in [6.07, 6.45) is 0. The molecule has 0 aromatic heterocycles. The van der Waals surface area contributed by atoms with Crippen LogP contribution in [0.3, 0.4) is 0 Å². The maximum atomic E-state index is 12.5. The van der Waals surface area contributed by atoms with Crippen molar-refractivity contribution in [2.45, 2.75) is 23.6 Å². The average molecular weight is 278 g/mol. The van der Waals surface area contributed by atoms with Gasteiger partial charge in [0.05, 0.1) is 9.79 Å². The van der Waals surface area contributed by atoms with Gasteiger partial charge in [-0.2, -0.15) is 0 Å². The Bertz CT molecular complexity index is 710. The van der Waals surface area contributed by atoms with Gasteiger partial charge in [-0.25, -0.2) is 8.42 Å². The molecule has 0 saturated heterocycles. The van der Waals surface area contributed by atoms with Gasteiger partial charge in [-0.3, -0.25) is 0 Å². The van der Waals surface area contributed by atoms with Crippen LogP contribution in [0.15, 0.2) is 46.2 Å². The molecule has 0 radical (unpaired) electrons. The average Bonchev–Trinajstić information content (AvgIpc) is 2.26. The summed E-state index contributed by atoms with van der Waals surface area (Å²) < 4.78 is 25.1. The Balaban J connectivity index is 2.71. The summed E-state index contributed by atoms with van der Waals surface area (Å²) in [5.74, 6) is -0.0694. The van der Waals surface area contributed by atoms with E-state index < -0.39 is 9.84 Å². The van der Waals surface area contributed by atoms with E-state index >= 15 is 0 Å². The quantitative estimate of drug-likeness (QED) is 0.885. The van der Waals surface area contributed by atoms with Gasteiger partial charge in [0.25, 0.3) is 0 Å². The van der Waals surface area contributed by atoms with Crippen LogP contribution in [0.4, 0.5) is 0 Å². The molecular weight excluding hydrogens is 264 g/mol. The molecule has 0 saturated carbocycles. The van der Waals surface area contributed by atoms with E-state index in [2.05, 4.69) is 0 Å². The van der Waals surface area contributed by atoms with Gasteiger partial charge in [0.2, 0.25) is 9.84 Å². The monoisotopic (exact) mass is 278 g/mol. The lowest BCUT2D eigenvalue weighted by Crippen LogP contribution is -2.06. The molecule has 0 aliphatic heterocycles. The first-order valence-corrected chi connectivity index (χ1v) is 7.15. The molecule has 2 aromatic carbocycles. The molecule has 2 rings (SSSR count). The van der Waals surface area contributed by atoms with Crippen molar-refractivity contribution in [3.05, 3.63) is 47.5 Å². The Hall–Kier alpha value is -2.01. The van der Waals surface area contributed by atoms with Crippen molar-refractivity contribution in [2.24, 2.45) is 0 Å². The van der Waals surface area contributed by atoms with Gasteiger partial charge in [0.1, 0.15) is 11.5 Å². The van der Waals surface area contributed by atoms with Crippen molar-refractivity contribution >= 4 is 9.84 Å².